The Hall–Kier alpha value is -2.17. The number of aromatic nitrogens is 3. The third-order valence-electron chi connectivity index (χ3n) is 2.52. The smallest absolute Gasteiger partial charge is 0.186 e. The van der Waals surface area contributed by atoms with Gasteiger partial charge >= 0.3 is 0 Å². The molecule has 0 aliphatic carbocycles. The molecule has 0 atom stereocenters. The van der Waals surface area contributed by atoms with Crippen molar-refractivity contribution in [1.82, 2.24) is 15.0 Å². The average Bonchev–Trinajstić information content (AvgIpc) is 2.76. The lowest BCUT2D eigenvalue weighted by Crippen LogP contribution is -2.09. The number of rotatable bonds is 4. The van der Waals surface area contributed by atoms with Crippen molar-refractivity contribution in [3.8, 4) is 5.75 Å². The Labute approximate surface area is 99.0 Å². The van der Waals surface area contributed by atoms with Crippen molar-refractivity contribution in [1.29, 1.82) is 0 Å². The summed E-state index contributed by atoms with van der Waals surface area (Å²) in [6.07, 6.45) is 1.82. The molecule has 5 nitrogen and oxygen atoms in total. The maximum absolute atomic E-state index is 11.9. The van der Waals surface area contributed by atoms with Crippen LogP contribution in [0.3, 0.4) is 0 Å². The van der Waals surface area contributed by atoms with E-state index in [9.17, 15) is 4.79 Å². The minimum Gasteiger partial charge on any atom is -0.497 e. The summed E-state index contributed by atoms with van der Waals surface area (Å²) in [7, 11) is 3.32. The summed E-state index contributed by atoms with van der Waals surface area (Å²) in [4.78, 5) is 11.9. The first-order chi connectivity index (χ1) is 8.20. The van der Waals surface area contributed by atoms with Crippen LogP contribution in [-0.4, -0.2) is 27.9 Å². The van der Waals surface area contributed by atoms with Crippen LogP contribution in [-0.2, 0) is 13.5 Å². The van der Waals surface area contributed by atoms with Gasteiger partial charge in [-0.1, -0.05) is 17.3 Å². The maximum Gasteiger partial charge on any atom is 0.186 e. The molecule has 0 fully saturated rings. The minimum absolute atomic E-state index is 0.00247. The quantitative estimate of drug-likeness (QED) is 0.743. The van der Waals surface area contributed by atoms with E-state index < -0.39 is 0 Å². The molecule has 2 aromatic rings. The number of carbonyl (C=O) groups is 1. The first-order valence-corrected chi connectivity index (χ1v) is 5.21. The molecule has 1 aromatic carbocycles. The Kier molecular flexibility index (Phi) is 3.18. The number of nitrogens with zero attached hydrogens (tertiary/aromatic N) is 3. The van der Waals surface area contributed by atoms with E-state index in [1.54, 1.807) is 14.2 Å². The molecule has 5 heteroatoms. The molecule has 0 aliphatic rings. The van der Waals surface area contributed by atoms with Crippen molar-refractivity contribution in [3.05, 3.63) is 41.7 Å². The van der Waals surface area contributed by atoms with Gasteiger partial charge in [0.25, 0.3) is 0 Å². The van der Waals surface area contributed by atoms with Gasteiger partial charge in [0, 0.05) is 13.5 Å². The van der Waals surface area contributed by atoms with Gasteiger partial charge in [-0.15, -0.1) is 5.10 Å². The zero-order valence-electron chi connectivity index (χ0n) is 9.75. The number of aryl methyl sites for hydroxylation is 1. The van der Waals surface area contributed by atoms with Crippen molar-refractivity contribution in [2.24, 2.45) is 7.05 Å². The van der Waals surface area contributed by atoms with Crippen molar-refractivity contribution in [2.45, 2.75) is 6.42 Å². The number of hydrogen-bond donors (Lipinski definition) is 0. The number of ether oxygens (including phenoxy) is 1. The first kappa shape index (κ1) is 11.3. The van der Waals surface area contributed by atoms with Gasteiger partial charge in [-0.05, 0) is 17.7 Å². The fraction of sp³-hybridized carbons (Fsp3) is 0.250. The minimum atomic E-state index is 0.00247. The number of hydrogen-bond acceptors (Lipinski definition) is 4. The monoisotopic (exact) mass is 231 g/mol. The van der Waals surface area contributed by atoms with E-state index in [1.165, 1.54) is 10.9 Å². The van der Waals surface area contributed by atoms with Crippen LogP contribution in [0.15, 0.2) is 30.5 Å². The van der Waals surface area contributed by atoms with Crippen molar-refractivity contribution in [2.75, 3.05) is 7.11 Å². The number of Topliss-reactive ketones (excluding diaryl/α,β-unsaturated/α-hetero) is 1. The van der Waals surface area contributed by atoms with Crippen molar-refractivity contribution in [3.63, 3.8) is 0 Å². The standard InChI is InChI=1S/C12H13N3O2/c1-15-11(8-13-14-15)12(16)7-9-3-5-10(17-2)6-4-9/h3-6,8H,7H2,1-2H3. The Morgan fingerprint density at radius 1 is 1.35 bits per heavy atom. The molecule has 17 heavy (non-hydrogen) atoms. The highest BCUT2D eigenvalue weighted by Gasteiger charge is 2.11. The summed E-state index contributed by atoms with van der Waals surface area (Å²) in [6.45, 7) is 0. The molecule has 0 saturated carbocycles. The lowest BCUT2D eigenvalue weighted by molar-refractivity contribution is 0.0984. The van der Waals surface area contributed by atoms with E-state index in [0.717, 1.165) is 11.3 Å². The largest absolute Gasteiger partial charge is 0.497 e. The van der Waals surface area contributed by atoms with Gasteiger partial charge in [0.05, 0.1) is 13.3 Å². The molecule has 0 spiro atoms. The van der Waals surface area contributed by atoms with E-state index in [1.807, 2.05) is 24.3 Å². The van der Waals surface area contributed by atoms with Crippen LogP contribution >= 0.6 is 0 Å². The fourth-order valence-electron chi connectivity index (χ4n) is 1.56. The molecule has 0 N–H and O–H groups in total. The molecular formula is C12H13N3O2. The molecule has 2 rings (SSSR count). The zero-order chi connectivity index (χ0) is 12.3. The normalized spacial score (nSPS) is 10.2. The highest BCUT2D eigenvalue weighted by Crippen LogP contribution is 2.13. The SMILES string of the molecule is COc1ccc(CC(=O)c2cnnn2C)cc1. The molecule has 1 heterocycles. The van der Waals surface area contributed by atoms with E-state index in [2.05, 4.69) is 10.3 Å². The topological polar surface area (TPSA) is 57.0 Å². The van der Waals surface area contributed by atoms with Crippen LogP contribution in [0.5, 0.6) is 5.75 Å². The second kappa shape index (κ2) is 4.78. The summed E-state index contributed by atoms with van der Waals surface area (Å²) in [5, 5.41) is 7.42. The molecule has 0 unspecified atom stereocenters. The molecule has 0 aliphatic heterocycles. The number of benzene rings is 1. The molecule has 88 valence electrons. The molecule has 0 amide bonds. The number of carbonyl (C=O) groups excluding carboxylic acids is 1. The van der Waals surface area contributed by atoms with Gasteiger partial charge in [0.1, 0.15) is 11.4 Å². The first-order valence-electron chi connectivity index (χ1n) is 5.21. The van der Waals surface area contributed by atoms with E-state index in [4.69, 9.17) is 4.74 Å². The summed E-state index contributed by atoms with van der Waals surface area (Å²) in [5.74, 6) is 0.783. The van der Waals surface area contributed by atoms with Gasteiger partial charge in [0.15, 0.2) is 5.78 Å². The second-order valence-corrected chi connectivity index (χ2v) is 3.69. The van der Waals surface area contributed by atoms with E-state index in [0.29, 0.717) is 12.1 Å². The van der Waals surface area contributed by atoms with Gasteiger partial charge < -0.3 is 4.74 Å². The Morgan fingerprint density at radius 2 is 2.06 bits per heavy atom. The Morgan fingerprint density at radius 3 is 2.59 bits per heavy atom. The summed E-state index contributed by atoms with van der Waals surface area (Å²) in [5.41, 5.74) is 1.46. The van der Waals surface area contributed by atoms with Gasteiger partial charge in [-0.25, -0.2) is 4.68 Å². The third kappa shape index (κ3) is 2.50. The lowest BCUT2D eigenvalue weighted by atomic mass is 10.1. The number of methoxy groups -OCH3 is 1. The Bertz CT molecular complexity index is 517. The average molecular weight is 231 g/mol. The van der Waals surface area contributed by atoms with Gasteiger partial charge in [-0.3, -0.25) is 4.79 Å². The van der Waals surface area contributed by atoms with Crippen molar-refractivity contribution < 1.29 is 9.53 Å². The van der Waals surface area contributed by atoms with Crippen LogP contribution in [0, 0.1) is 0 Å². The summed E-state index contributed by atoms with van der Waals surface area (Å²) >= 11 is 0. The third-order valence-corrected chi connectivity index (χ3v) is 2.52. The lowest BCUT2D eigenvalue weighted by Gasteiger charge is -2.03. The summed E-state index contributed by atoms with van der Waals surface area (Å²) < 4.78 is 6.53. The molecule has 0 saturated heterocycles. The molecule has 0 bridgehead atoms. The van der Waals surface area contributed by atoms with Crippen LogP contribution in [0.2, 0.25) is 0 Å². The zero-order valence-corrected chi connectivity index (χ0v) is 9.75. The molecule has 0 radical (unpaired) electrons. The molecular weight excluding hydrogens is 218 g/mol. The van der Waals surface area contributed by atoms with Crippen LogP contribution in [0.25, 0.3) is 0 Å². The number of ketones is 1. The Balaban J connectivity index is 2.10. The highest BCUT2D eigenvalue weighted by atomic mass is 16.5. The maximum atomic E-state index is 11.9. The van der Waals surface area contributed by atoms with Gasteiger partial charge in [0.2, 0.25) is 0 Å². The van der Waals surface area contributed by atoms with E-state index in [-0.39, 0.29) is 5.78 Å². The summed E-state index contributed by atoms with van der Waals surface area (Å²) in [6, 6.07) is 7.43. The molecule has 1 aromatic heterocycles. The van der Waals surface area contributed by atoms with E-state index >= 15 is 0 Å². The van der Waals surface area contributed by atoms with Crippen LogP contribution in [0.4, 0.5) is 0 Å². The second-order valence-electron chi connectivity index (χ2n) is 3.69. The highest BCUT2D eigenvalue weighted by molar-refractivity contribution is 5.95. The predicted molar refractivity (Wildman–Crippen MR) is 62.0 cm³/mol. The van der Waals surface area contributed by atoms with Crippen molar-refractivity contribution >= 4 is 5.78 Å². The van der Waals surface area contributed by atoms with Crippen LogP contribution < -0.4 is 4.74 Å². The van der Waals surface area contributed by atoms with Gasteiger partial charge in [-0.2, -0.15) is 0 Å². The predicted octanol–water partition coefficient (Wildman–Crippen LogP) is 1.25. The van der Waals surface area contributed by atoms with Crippen LogP contribution in [0.1, 0.15) is 16.1 Å². The fourth-order valence-corrected chi connectivity index (χ4v) is 1.56.